The van der Waals surface area contributed by atoms with E-state index >= 15 is 0 Å². The van der Waals surface area contributed by atoms with Crippen molar-refractivity contribution in [3.63, 3.8) is 0 Å². The highest BCUT2D eigenvalue weighted by molar-refractivity contribution is 7.89. The summed E-state index contributed by atoms with van der Waals surface area (Å²) in [5, 5.41) is 2.71. The number of nitrogens with one attached hydrogen (secondary N) is 2. The number of benzene rings is 2. The standard InChI is InChI=1S/C19H25N3O4S.ClH/c1-15-6-2-3-9-18(15)26-13-5-10-19(23)22-16-7-4-8-17(14-16)27(24,25)21-12-11-20;/h2-4,6-9,14,21H,5,10-13,20H2,1H3,(H,22,23);1H. The zero-order chi connectivity index (χ0) is 19.7. The van der Waals surface area contributed by atoms with E-state index in [2.05, 4.69) is 10.0 Å². The van der Waals surface area contributed by atoms with Gasteiger partial charge in [0.2, 0.25) is 15.9 Å². The van der Waals surface area contributed by atoms with Crippen LogP contribution in [0.3, 0.4) is 0 Å². The Kier molecular flexibility index (Phi) is 9.95. The van der Waals surface area contributed by atoms with Gasteiger partial charge in [-0.3, -0.25) is 4.79 Å². The van der Waals surface area contributed by atoms with Gasteiger partial charge in [0.1, 0.15) is 5.75 Å². The number of nitrogens with two attached hydrogens (primary N) is 1. The molecule has 0 spiro atoms. The molecule has 2 rings (SSSR count). The van der Waals surface area contributed by atoms with Crippen molar-refractivity contribution in [2.45, 2.75) is 24.7 Å². The predicted octanol–water partition coefficient (Wildman–Crippen LogP) is 2.45. The number of aryl methyl sites for hydroxylation is 1. The number of carbonyl (C=O) groups excluding carboxylic acids is 1. The van der Waals surface area contributed by atoms with Crippen LogP contribution in [0.4, 0.5) is 5.69 Å². The van der Waals surface area contributed by atoms with Crippen molar-refractivity contribution >= 4 is 34.0 Å². The molecule has 0 fully saturated rings. The van der Waals surface area contributed by atoms with Crippen molar-refractivity contribution in [3.05, 3.63) is 54.1 Å². The molecule has 0 bridgehead atoms. The van der Waals surface area contributed by atoms with E-state index in [0.717, 1.165) is 11.3 Å². The third-order valence-corrected chi connectivity index (χ3v) is 5.22. The Bertz CT molecular complexity index is 875. The smallest absolute Gasteiger partial charge is 0.240 e. The highest BCUT2D eigenvalue weighted by Crippen LogP contribution is 2.17. The van der Waals surface area contributed by atoms with Gasteiger partial charge in [0.15, 0.2) is 0 Å². The fourth-order valence-electron chi connectivity index (χ4n) is 2.37. The quantitative estimate of drug-likeness (QED) is 0.504. The second-order valence-electron chi connectivity index (χ2n) is 5.98. The number of rotatable bonds is 10. The van der Waals surface area contributed by atoms with Gasteiger partial charge in [0.25, 0.3) is 0 Å². The third-order valence-electron chi connectivity index (χ3n) is 3.76. The highest BCUT2D eigenvalue weighted by Gasteiger charge is 2.14. The van der Waals surface area contributed by atoms with Crippen molar-refractivity contribution in [3.8, 4) is 5.75 Å². The molecule has 0 saturated carbocycles. The van der Waals surface area contributed by atoms with Crippen molar-refractivity contribution in [1.29, 1.82) is 0 Å². The SMILES string of the molecule is Cc1ccccc1OCCCC(=O)Nc1cccc(S(=O)(=O)NCCN)c1.Cl. The van der Waals surface area contributed by atoms with Crippen LogP contribution in [-0.2, 0) is 14.8 Å². The second-order valence-corrected chi connectivity index (χ2v) is 7.75. The van der Waals surface area contributed by atoms with Gasteiger partial charge < -0.3 is 15.8 Å². The Morgan fingerprint density at radius 1 is 1.14 bits per heavy atom. The van der Waals surface area contributed by atoms with Crippen molar-refractivity contribution in [2.24, 2.45) is 5.73 Å². The zero-order valence-electron chi connectivity index (χ0n) is 15.7. The molecule has 4 N–H and O–H groups in total. The average molecular weight is 428 g/mol. The second kappa shape index (κ2) is 11.7. The minimum Gasteiger partial charge on any atom is -0.493 e. The first-order chi connectivity index (χ1) is 12.9. The van der Waals surface area contributed by atoms with Crippen molar-refractivity contribution < 1.29 is 17.9 Å². The van der Waals surface area contributed by atoms with Crippen LogP contribution in [0.5, 0.6) is 5.75 Å². The lowest BCUT2D eigenvalue weighted by Gasteiger charge is -2.10. The molecule has 0 atom stereocenters. The molecule has 28 heavy (non-hydrogen) atoms. The summed E-state index contributed by atoms with van der Waals surface area (Å²) in [6.07, 6.45) is 0.824. The lowest BCUT2D eigenvalue weighted by Crippen LogP contribution is -2.29. The number of anilines is 1. The summed E-state index contributed by atoms with van der Waals surface area (Å²) in [6.45, 7) is 2.75. The summed E-state index contributed by atoms with van der Waals surface area (Å²) < 4.78 is 32.3. The van der Waals surface area contributed by atoms with Crippen LogP contribution < -0.4 is 20.5 Å². The number of sulfonamides is 1. The minimum absolute atomic E-state index is 0. The molecule has 0 radical (unpaired) electrons. The van der Waals surface area contributed by atoms with E-state index in [0.29, 0.717) is 18.7 Å². The van der Waals surface area contributed by atoms with Crippen LogP contribution in [0.15, 0.2) is 53.4 Å². The van der Waals surface area contributed by atoms with Crippen molar-refractivity contribution in [2.75, 3.05) is 25.0 Å². The van der Waals surface area contributed by atoms with Gasteiger partial charge in [-0.15, -0.1) is 12.4 Å². The number of para-hydroxylation sites is 1. The number of halogens is 1. The largest absolute Gasteiger partial charge is 0.493 e. The van der Waals surface area contributed by atoms with E-state index in [4.69, 9.17) is 10.5 Å². The molecule has 0 aliphatic rings. The maximum atomic E-state index is 12.1. The van der Waals surface area contributed by atoms with Gasteiger partial charge in [-0.2, -0.15) is 0 Å². The first-order valence-corrected chi connectivity index (χ1v) is 10.2. The molecule has 0 aromatic heterocycles. The maximum Gasteiger partial charge on any atom is 0.240 e. The van der Waals surface area contributed by atoms with Crippen LogP contribution in [0, 0.1) is 6.92 Å². The van der Waals surface area contributed by atoms with E-state index in [9.17, 15) is 13.2 Å². The fourth-order valence-corrected chi connectivity index (χ4v) is 3.47. The number of carbonyl (C=O) groups is 1. The Morgan fingerprint density at radius 2 is 1.89 bits per heavy atom. The number of amides is 1. The van der Waals surface area contributed by atoms with Crippen LogP contribution in [-0.4, -0.2) is 34.0 Å². The summed E-state index contributed by atoms with van der Waals surface area (Å²) >= 11 is 0. The summed E-state index contributed by atoms with van der Waals surface area (Å²) in [4.78, 5) is 12.2. The van der Waals surface area contributed by atoms with E-state index in [-0.39, 0.29) is 42.7 Å². The minimum atomic E-state index is -3.64. The van der Waals surface area contributed by atoms with E-state index < -0.39 is 10.0 Å². The lowest BCUT2D eigenvalue weighted by atomic mass is 10.2. The van der Waals surface area contributed by atoms with Gasteiger partial charge in [-0.05, 0) is 43.2 Å². The van der Waals surface area contributed by atoms with Crippen LogP contribution in [0.1, 0.15) is 18.4 Å². The Hall–Kier alpha value is -2.13. The summed E-state index contributed by atoms with van der Waals surface area (Å²) in [7, 11) is -3.64. The van der Waals surface area contributed by atoms with Crippen LogP contribution >= 0.6 is 12.4 Å². The topological polar surface area (TPSA) is 111 Å². The van der Waals surface area contributed by atoms with E-state index in [1.165, 1.54) is 12.1 Å². The monoisotopic (exact) mass is 427 g/mol. The van der Waals surface area contributed by atoms with E-state index in [1.54, 1.807) is 12.1 Å². The molecule has 0 heterocycles. The molecule has 1 amide bonds. The maximum absolute atomic E-state index is 12.1. The number of hydrogen-bond acceptors (Lipinski definition) is 5. The number of ether oxygens (including phenoxy) is 1. The molecule has 0 saturated heterocycles. The van der Waals surface area contributed by atoms with E-state index in [1.807, 2.05) is 31.2 Å². The molecule has 9 heteroatoms. The van der Waals surface area contributed by atoms with Gasteiger partial charge in [0, 0.05) is 25.2 Å². The molecular weight excluding hydrogens is 402 g/mol. The number of hydrogen-bond donors (Lipinski definition) is 3. The Morgan fingerprint density at radius 3 is 2.61 bits per heavy atom. The molecule has 2 aromatic carbocycles. The molecule has 154 valence electrons. The molecule has 2 aromatic rings. The summed E-state index contributed by atoms with van der Waals surface area (Å²) in [5.74, 6) is 0.605. The lowest BCUT2D eigenvalue weighted by molar-refractivity contribution is -0.116. The normalized spacial score (nSPS) is 10.8. The van der Waals surface area contributed by atoms with Gasteiger partial charge in [-0.1, -0.05) is 24.3 Å². The summed E-state index contributed by atoms with van der Waals surface area (Å²) in [6, 6.07) is 13.8. The Labute approximate surface area is 172 Å². The Balaban J connectivity index is 0.00000392. The average Bonchev–Trinajstić information content (AvgIpc) is 2.65. The molecular formula is C19H26ClN3O4S. The highest BCUT2D eigenvalue weighted by atomic mass is 35.5. The molecule has 0 aliphatic heterocycles. The fraction of sp³-hybridized carbons (Fsp3) is 0.316. The van der Waals surface area contributed by atoms with Crippen molar-refractivity contribution in [1.82, 2.24) is 4.72 Å². The first kappa shape index (κ1) is 23.9. The molecule has 0 aliphatic carbocycles. The van der Waals surface area contributed by atoms with Gasteiger partial charge in [0.05, 0.1) is 11.5 Å². The first-order valence-electron chi connectivity index (χ1n) is 8.70. The summed E-state index contributed by atoms with van der Waals surface area (Å²) in [5.41, 5.74) is 6.79. The van der Waals surface area contributed by atoms with Gasteiger partial charge >= 0.3 is 0 Å². The third kappa shape index (κ3) is 7.47. The van der Waals surface area contributed by atoms with Crippen LogP contribution in [0.25, 0.3) is 0 Å². The predicted molar refractivity (Wildman–Crippen MR) is 112 cm³/mol. The molecule has 7 nitrogen and oxygen atoms in total. The van der Waals surface area contributed by atoms with Crippen LogP contribution in [0.2, 0.25) is 0 Å². The zero-order valence-corrected chi connectivity index (χ0v) is 17.3. The molecule has 0 unspecified atom stereocenters. The van der Waals surface area contributed by atoms with Gasteiger partial charge in [-0.25, -0.2) is 13.1 Å².